The molecule has 80 valence electrons. The van der Waals surface area contributed by atoms with E-state index in [0.29, 0.717) is 0 Å². The van der Waals surface area contributed by atoms with Crippen LogP contribution in [0.2, 0.25) is 0 Å². The Morgan fingerprint density at radius 1 is 1.47 bits per heavy atom. The van der Waals surface area contributed by atoms with Gasteiger partial charge in [0.2, 0.25) is 0 Å². The Kier molecular flexibility index (Phi) is 4.61. The number of hydrogen-bond acceptors (Lipinski definition) is 2. The van der Waals surface area contributed by atoms with Crippen molar-refractivity contribution in [1.29, 1.82) is 0 Å². The lowest BCUT2D eigenvalue weighted by Gasteiger charge is -2.13. The number of nitrogens with zero attached hydrogens (tertiary/aromatic N) is 1. The van der Waals surface area contributed by atoms with Gasteiger partial charge >= 0.3 is 0 Å². The highest BCUT2D eigenvalue weighted by atomic mass is 16.5. The van der Waals surface area contributed by atoms with Crippen molar-refractivity contribution < 1.29 is 4.74 Å². The summed E-state index contributed by atoms with van der Waals surface area (Å²) in [6.07, 6.45) is 11.5. The highest BCUT2D eigenvalue weighted by Crippen LogP contribution is 2.21. The van der Waals surface area contributed by atoms with E-state index in [1.165, 1.54) is 5.57 Å². The third-order valence-electron chi connectivity index (χ3n) is 2.20. The molecule has 0 unspecified atom stereocenters. The Bertz CT molecular complexity index is 346. The maximum absolute atomic E-state index is 5.69. The third-order valence-corrected chi connectivity index (χ3v) is 2.20. The predicted octanol–water partition coefficient (Wildman–Crippen LogP) is 3.75. The summed E-state index contributed by atoms with van der Waals surface area (Å²) in [7, 11) is 0. The van der Waals surface area contributed by atoms with Crippen molar-refractivity contribution in [3.05, 3.63) is 47.6 Å². The van der Waals surface area contributed by atoms with Crippen LogP contribution < -0.4 is 0 Å². The summed E-state index contributed by atoms with van der Waals surface area (Å²) in [5.41, 5.74) is 1.40. The summed E-state index contributed by atoms with van der Waals surface area (Å²) >= 11 is 0. The van der Waals surface area contributed by atoms with E-state index in [1.54, 1.807) is 12.3 Å². The molecule has 0 fully saturated rings. The molecule has 1 aliphatic carbocycles. The Balaban J connectivity index is 2.61. The molecule has 2 heteroatoms. The molecule has 0 saturated heterocycles. The van der Waals surface area contributed by atoms with Crippen molar-refractivity contribution >= 4 is 6.72 Å². The van der Waals surface area contributed by atoms with Gasteiger partial charge in [-0.25, -0.2) is 0 Å². The Morgan fingerprint density at radius 2 is 2.27 bits per heavy atom. The minimum atomic E-state index is 0.807. The summed E-state index contributed by atoms with van der Waals surface area (Å²) in [6, 6.07) is 0. The second-order valence-electron chi connectivity index (χ2n) is 3.44. The first-order valence-corrected chi connectivity index (χ1v) is 5.09. The summed E-state index contributed by atoms with van der Waals surface area (Å²) in [4.78, 5) is 3.65. The molecule has 0 aromatic rings. The molecule has 0 saturated carbocycles. The normalized spacial score (nSPS) is 17.3. The van der Waals surface area contributed by atoms with Crippen LogP contribution in [0.15, 0.2) is 52.6 Å². The molecule has 0 spiro atoms. The van der Waals surface area contributed by atoms with Crippen LogP contribution in [0, 0.1) is 0 Å². The van der Waals surface area contributed by atoms with Gasteiger partial charge in [-0.2, -0.15) is 0 Å². The van der Waals surface area contributed by atoms with Crippen molar-refractivity contribution in [3.63, 3.8) is 0 Å². The fourth-order valence-corrected chi connectivity index (χ4v) is 1.27. The van der Waals surface area contributed by atoms with Gasteiger partial charge in [0.05, 0.1) is 0 Å². The second kappa shape index (κ2) is 6.02. The van der Waals surface area contributed by atoms with Gasteiger partial charge in [-0.1, -0.05) is 11.6 Å². The van der Waals surface area contributed by atoms with Crippen LogP contribution in [0.1, 0.15) is 26.7 Å². The maximum Gasteiger partial charge on any atom is 0.124 e. The molecular weight excluding hydrogens is 186 g/mol. The van der Waals surface area contributed by atoms with E-state index in [-0.39, 0.29) is 0 Å². The fraction of sp³-hybridized carbons (Fsp3) is 0.308. The van der Waals surface area contributed by atoms with Crippen LogP contribution in [-0.4, -0.2) is 6.72 Å². The number of hydrogen-bond donors (Lipinski definition) is 0. The molecule has 15 heavy (non-hydrogen) atoms. The molecule has 0 bridgehead atoms. The average molecular weight is 203 g/mol. The molecule has 0 aromatic carbocycles. The first-order valence-electron chi connectivity index (χ1n) is 5.09. The number of ether oxygens (including phenoxy) is 1. The molecule has 1 aliphatic rings. The topological polar surface area (TPSA) is 21.6 Å². The number of rotatable bonds is 4. The van der Waals surface area contributed by atoms with E-state index < -0.39 is 0 Å². The van der Waals surface area contributed by atoms with Crippen LogP contribution in [0.5, 0.6) is 0 Å². The van der Waals surface area contributed by atoms with Crippen molar-refractivity contribution in [2.75, 3.05) is 0 Å². The summed E-state index contributed by atoms with van der Waals surface area (Å²) in [5.74, 6) is 1.81. The van der Waals surface area contributed by atoms with Crippen LogP contribution in [0.3, 0.4) is 0 Å². The van der Waals surface area contributed by atoms with Gasteiger partial charge in [0.15, 0.2) is 0 Å². The average Bonchev–Trinajstić information content (AvgIpc) is 2.27. The molecule has 0 heterocycles. The van der Waals surface area contributed by atoms with Gasteiger partial charge in [0.1, 0.15) is 11.5 Å². The number of allylic oxidation sites excluding steroid dienone is 6. The molecular formula is C13H17NO. The zero-order chi connectivity index (χ0) is 11.1. The zero-order valence-electron chi connectivity index (χ0n) is 9.36. The molecule has 0 N–H and O–H groups in total. The van der Waals surface area contributed by atoms with E-state index in [0.717, 1.165) is 24.4 Å². The zero-order valence-corrected chi connectivity index (χ0v) is 9.36. The van der Waals surface area contributed by atoms with Crippen molar-refractivity contribution in [1.82, 2.24) is 0 Å². The smallest absolute Gasteiger partial charge is 0.124 e. The maximum atomic E-state index is 5.69. The van der Waals surface area contributed by atoms with E-state index in [4.69, 9.17) is 4.74 Å². The first kappa shape index (κ1) is 11.5. The Labute approximate surface area is 91.4 Å². The SMILES string of the molecule is C=N/C=C\C(=C/C)OC1=CC=C(C)CC1. The lowest BCUT2D eigenvalue weighted by Crippen LogP contribution is -1.95. The van der Waals surface area contributed by atoms with Crippen molar-refractivity contribution in [2.24, 2.45) is 4.99 Å². The quantitative estimate of drug-likeness (QED) is 0.387. The second-order valence-corrected chi connectivity index (χ2v) is 3.44. The fourth-order valence-electron chi connectivity index (χ4n) is 1.27. The molecule has 0 atom stereocenters. The molecule has 0 aliphatic heterocycles. The Hall–Kier alpha value is -1.57. The monoisotopic (exact) mass is 203 g/mol. The summed E-state index contributed by atoms with van der Waals surface area (Å²) in [6.45, 7) is 7.45. The van der Waals surface area contributed by atoms with E-state index in [9.17, 15) is 0 Å². The van der Waals surface area contributed by atoms with E-state index in [2.05, 4.69) is 24.7 Å². The van der Waals surface area contributed by atoms with Gasteiger partial charge < -0.3 is 4.74 Å². The largest absolute Gasteiger partial charge is 0.462 e. The van der Waals surface area contributed by atoms with Crippen LogP contribution in [0.4, 0.5) is 0 Å². The van der Waals surface area contributed by atoms with Gasteiger partial charge in [0.25, 0.3) is 0 Å². The van der Waals surface area contributed by atoms with Crippen LogP contribution in [0.25, 0.3) is 0 Å². The highest BCUT2D eigenvalue weighted by Gasteiger charge is 2.05. The lowest BCUT2D eigenvalue weighted by molar-refractivity contribution is 0.302. The summed E-state index contributed by atoms with van der Waals surface area (Å²) in [5, 5.41) is 0. The van der Waals surface area contributed by atoms with Crippen molar-refractivity contribution in [3.8, 4) is 0 Å². The van der Waals surface area contributed by atoms with Gasteiger partial charge in [-0.15, -0.1) is 0 Å². The van der Waals surface area contributed by atoms with Crippen LogP contribution in [-0.2, 0) is 4.74 Å². The third kappa shape index (κ3) is 3.98. The predicted molar refractivity (Wildman–Crippen MR) is 64.6 cm³/mol. The molecule has 0 radical (unpaired) electrons. The Morgan fingerprint density at radius 3 is 2.80 bits per heavy atom. The van der Waals surface area contributed by atoms with Crippen molar-refractivity contribution in [2.45, 2.75) is 26.7 Å². The molecule has 2 nitrogen and oxygen atoms in total. The standard InChI is InChI=1S/C13H17NO/c1-4-12(9-10-14-3)15-13-7-5-11(2)6-8-13/h4-5,7,9-10H,3,6,8H2,1-2H3/b10-9-,12-4+. The summed E-state index contributed by atoms with van der Waals surface area (Å²) < 4.78 is 5.69. The molecule has 1 rings (SSSR count). The van der Waals surface area contributed by atoms with Gasteiger partial charge in [-0.05, 0) is 45.2 Å². The van der Waals surface area contributed by atoms with Crippen LogP contribution >= 0.6 is 0 Å². The minimum absolute atomic E-state index is 0.807. The van der Waals surface area contributed by atoms with E-state index >= 15 is 0 Å². The van der Waals surface area contributed by atoms with Gasteiger partial charge in [-0.3, -0.25) is 4.99 Å². The highest BCUT2D eigenvalue weighted by molar-refractivity contribution is 5.27. The number of aliphatic imine (C=N–C) groups is 1. The van der Waals surface area contributed by atoms with E-state index in [1.807, 2.05) is 19.1 Å². The lowest BCUT2D eigenvalue weighted by atomic mass is 10.1. The minimum Gasteiger partial charge on any atom is -0.462 e. The van der Waals surface area contributed by atoms with Gasteiger partial charge in [0, 0.05) is 12.6 Å². The molecule has 0 amide bonds. The molecule has 0 aromatic heterocycles. The first-order chi connectivity index (χ1) is 7.26.